The fourth-order valence-electron chi connectivity index (χ4n) is 3.04. The van der Waals surface area contributed by atoms with Crippen LogP contribution in [0.4, 0.5) is 0 Å². The van der Waals surface area contributed by atoms with E-state index in [0.717, 1.165) is 11.1 Å². The van der Waals surface area contributed by atoms with E-state index in [1.165, 1.54) is 0 Å². The second-order valence-corrected chi connectivity index (χ2v) is 5.17. The van der Waals surface area contributed by atoms with E-state index in [9.17, 15) is 10.1 Å². The van der Waals surface area contributed by atoms with Crippen LogP contribution >= 0.6 is 0 Å². The Morgan fingerprint density at radius 3 is 2.65 bits per heavy atom. The summed E-state index contributed by atoms with van der Waals surface area (Å²) < 4.78 is 5.41. The van der Waals surface area contributed by atoms with Gasteiger partial charge in [-0.25, -0.2) is 0 Å². The predicted molar refractivity (Wildman–Crippen MR) is 73.0 cm³/mol. The van der Waals surface area contributed by atoms with Crippen molar-refractivity contribution < 1.29 is 9.53 Å². The fourth-order valence-corrected chi connectivity index (χ4v) is 3.04. The number of rotatable bonds is 1. The van der Waals surface area contributed by atoms with Gasteiger partial charge < -0.3 is 10.5 Å². The average molecular weight is 266 g/mol. The molecule has 1 aliphatic heterocycles. The summed E-state index contributed by atoms with van der Waals surface area (Å²) in [5.41, 5.74) is 7.37. The lowest BCUT2D eigenvalue weighted by Crippen LogP contribution is -2.34. The Labute approximate surface area is 117 Å². The molecular formula is C16H14N2O2. The van der Waals surface area contributed by atoms with E-state index in [1.807, 2.05) is 37.3 Å². The lowest BCUT2D eigenvalue weighted by atomic mass is 9.69. The zero-order valence-electron chi connectivity index (χ0n) is 11.1. The minimum absolute atomic E-state index is 0.0350. The van der Waals surface area contributed by atoms with Gasteiger partial charge in [0.2, 0.25) is 5.88 Å². The topological polar surface area (TPSA) is 76.1 Å². The van der Waals surface area contributed by atoms with Crippen molar-refractivity contribution in [2.24, 2.45) is 5.73 Å². The minimum Gasteiger partial charge on any atom is -0.437 e. The van der Waals surface area contributed by atoms with E-state index in [4.69, 9.17) is 10.5 Å². The molecule has 100 valence electrons. The summed E-state index contributed by atoms with van der Waals surface area (Å²) in [7, 11) is 0. The van der Waals surface area contributed by atoms with Crippen LogP contribution in [0.25, 0.3) is 0 Å². The third-order valence-electron chi connectivity index (χ3n) is 4.15. The van der Waals surface area contributed by atoms with Gasteiger partial charge in [0.15, 0.2) is 11.5 Å². The van der Waals surface area contributed by atoms with Crippen LogP contribution in [0.3, 0.4) is 0 Å². The number of benzene rings is 1. The molecule has 2 N–H and O–H groups in total. The van der Waals surface area contributed by atoms with E-state index < -0.39 is 5.41 Å². The van der Waals surface area contributed by atoms with Crippen LogP contribution in [0.5, 0.6) is 0 Å². The third kappa shape index (κ3) is 1.50. The maximum Gasteiger partial charge on any atom is 0.206 e. The molecule has 0 radical (unpaired) electrons. The molecule has 1 aliphatic carbocycles. The second-order valence-electron chi connectivity index (χ2n) is 5.17. The first-order valence-electron chi connectivity index (χ1n) is 6.49. The lowest BCUT2D eigenvalue weighted by Gasteiger charge is -2.35. The number of ketones is 1. The Morgan fingerprint density at radius 1 is 1.30 bits per heavy atom. The molecule has 1 unspecified atom stereocenters. The highest BCUT2D eigenvalue weighted by Crippen LogP contribution is 2.49. The smallest absolute Gasteiger partial charge is 0.206 e. The monoisotopic (exact) mass is 266 g/mol. The van der Waals surface area contributed by atoms with Gasteiger partial charge in [-0.3, -0.25) is 4.79 Å². The van der Waals surface area contributed by atoms with Crippen molar-refractivity contribution in [1.29, 1.82) is 5.26 Å². The number of Topliss-reactive ketones (excluding diaryl/α,β-unsaturated/α-hetero) is 1. The number of hydrogen-bond acceptors (Lipinski definition) is 4. The Kier molecular flexibility index (Phi) is 2.65. The molecule has 1 atom stereocenters. The Hall–Kier alpha value is -2.54. The van der Waals surface area contributed by atoms with E-state index in [1.54, 1.807) is 0 Å². The minimum atomic E-state index is -0.681. The normalized spacial score (nSPS) is 25.3. The fraction of sp³-hybridized carbons (Fsp3) is 0.250. The molecule has 4 heteroatoms. The van der Waals surface area contributed by atoms with E-state index >= 15 is 0 Å². The lowest BCUT2D eigenvalue weighted by molar-refractivity contribution is -0.117. The van der Waals surface area contributed by atoms with Crippen LogP contribution in [0.1, 0.15) is 25.3 Å². The van der Waals surface area contributed by atoms with E-state index in [-0.39, 0.29) is 11.7 Å². The molecule has 0 spiro atoms. The zero-order valence-corrected chi connectivity index (χ0v) is 11.1. The van der Waals surface area contributed by atoms with Crippen LogP contribution in [0.2, 0.25) is 0 Å². The molecule has 1 heterocycles. The van der Waals surface area contributed by atoms with Gasteiger partial charge in [-0.05, 0) is 24.5 Å². The molecular weight excluding hydrogens is 252 g/mol. The number of carbonyl (C=O) groups is 1. The van der Waals surface area contributed by atoms with Crippen LogP contribution in [-0.2, 0) is 14.9 Å². The number of nitriles is 1. The number of hydrogen-bond donors (Lipinski definition) is 1. The highest BCUT2D eigenvalue weighted by molar-refractivity contribution is 5.98. The number of carbonyl (C=O) groups excluding carboxylic acids is 1. The van der Waals surface area contributed by atoms with Gasteiger partial charge in [0.1, 0.15) is 11.6 Å². The number of nitrogens with zero attached hydrogens (tertiary/aromatic N) is 1. The van der Waals surface area contributed by atoms with Crippen molar-refractivity contribution in [3.63, 3.8) is 0 Å². The molecule has 1 aromatic carbocycles. The third-order valence-corrected chi connectivity index (χ3v) is 4.15. The molecule has 0 saturated heterocycles. The molecule has 20 heavy (non-hydrogen) atoms. The van der Waals surface area contributed by atoms with Crippen molar-refractivity contribution in [3.05, 3.63) is 58.7 Å². The Balaban J connectivity index is 2.28. The molecule has 0 fully saturated rings. The van der Waals surface area contributed by atoms with Crippen molar-refractivity contribution in [2.75, 3.05) is 0 Å². The van der Waals surface area contributed by atoms with Crippen molar-refractivity contribution in [1.82, 2.24) is 0 Å². The van der Waals surface area contributed by atoms with Crippen LogP contribution < -0.4 is 5.73 Å². The van der Waals surface area contributed by atoms with Crippen LogP contribution in [0.15, 0.2) is 53.1 Å². The zero-order chi connectivity index (χ0) is 14.3. The van der Waals surface area contributed by atoms with Gasteiger partial charge in [0.05, 0.1) is 5.41 Å². The highest BCUT2D eigenvalue weighted by atomic mass is 16.5. The summed E-state index contributed by atoms with van der Waals surface area (Å²) in [4.78, 5) is 11.9. The first kappa shape index (κ1) is 12.5. The van der Waals surface area contributed by atoms with Gasteiger partial charge in [-0.1, -0.05) is 30.3 Å². The quantitative estimate of drug-likeness (QED) is 0.846. The summed E-state index contributed by atoms with van der Waals surface area (Å²) >= 11 is 0. The molecule has 4 nitrogen and oxygen atoms in total. The summed E-state index contributed by atoms with van der Waals surface area (Å²) in [6.45, 7) is 1.93. The van der Waals surface area contributed by atoms with Crippen LogP contribution in [-0.4, -0.2) is 5.78 Å². The Morgan fingerprint density at radius 2 is 2.00 bits per heavy atom. The maximum absolute atomic E-state index is 11.9. The number of allylic oxidation sites excluding steroid dienone is 3. The van der Waals surface area contributed by atoms with Crippen LogP contribution in [0, 0.1) is 11.3 Å². The van der Waals surface area contributed by atoms with Gasteiger partial charge in [0.25, 0.3) is 0 Å². The molecule has 2 aliphatic rings. The summed E-state index contributed by atoms with van der Waals surface area (Å²) in [6, 6.07) is 11.8. The van der Waals surface area contributed by atoms with Gasteiger partial charge in [-0.15, -0.1) is 0 Å². The maximum atomic E-state index is 11.9. The molecule has 1 aromatic rings. The molecule has 0 amide bonds. The first-order valence-corrected chi connectivity index (χ1v) is 6.49. The summed E-state index contributed by atoms with van der Waals surface area (Å²) in [5, 5.41) is 9.47. The van der Waals surface area contributed by atoms with Gasteiger partial charge in [-0.2, -0.15) is 5.26 Å². The largest absolute Gasteiger partial charge is 0.437 e. The first-order chi connectivity index (χ1) is 9.59. The van der Waals surface area contributed by atoms with Crippen molar-refractivity contribution >= 4 is 5.78 Å². The van der Waals surface area contributed by atoms with Gasteiger partial charge in [0, 0.05) is 6.42 Å². The highest BCUT2D eigenvalue weighted by Gasteiger charge is 2.47. The second kappa shape index (κ2) is 4.24. The molecule has 0 bridgehead atoms. The van der Waals surface area contributed by atoms with E-state index in [2.05, 4.69) is 6.07 Å². The average Bonchev–Trinajstić information content (AvgIpc) is 2.82. The van der Waals surface area contributed by atoms with Gasteiger partial charge >= 0.3 is 0 Å². The summed E-state index contributed by atoms with van der Waals surface area (Å²) in [5.74, 6) is 0.322. The predicted octanol–water partition coefficient (Wildman–Crippen LogP) is 2.29. The van der Waals surface area contributed by atoms with Crippen molar-refractivity contribution in [2.45, 2.75) is 25.2 Å². The standard InChI is InChI=1S/C16H14N2O2/c1-16(10-5-3-2-4-6-10)11-7-8-13(19)14(11)20-15(18)12(16)9-17/h2-6H,7-8,18H2,1H3. The molecule has 0 saturated carbocycles. The Bertz CT molecular complexity index is 695. The summed E-state index contributed by atoms with van der Waals surface area (Å²) in [6.07, 6.45) is 1.02. The molecule has 0 aromatic heterocycles. The SMILES string of the molecule is CC1(c2ccccc2)C(C#N)=C(N)OC2=C1CCC2=O. The van der Waals surface area contributed by atoms with Crippen molar-refractivity contribution in [3.8, 4) is 6.07 Å². The van der Waals surface area contributed by atoms with E-state index in [0.29, 0.717) is 24.2 Å². The number of ether oxygens (including phenoxy) is 1. The molecule has 3 rings (SSSR count). The number of nitrogens with two attached hydrogens (primary N) is 1.